The summed E-state index contributed by atoms with van der Waals surface area (Å²) in [6.45, 7) is 5.02. The van der Waals surface area contributed by atoms with Crippen molar-refractivity contribution < 1.29 is 4.79 Å². The number of carbonyl (C=O) groups is 1. The number of nitrogens with zero attached hydrogens (tertiary/aromatic N) is 2. The van der Waals surface area contributed by atoms with Crippen LogP contribution in [0.5, 0.6) is 0 Å². The van der Waals surface area contributed by atoms with Crippen molar-refractivity contribution in [2.75, 3.05) is 17.2 Å². The van der Waals surface area contributed by atoms with E-state index < -0.39 is 0 Å². The van der Waals surface area contributed by atoms with Crippen LogP contribution in [0, 0.1) is 5.92 Å². The zero-order valence-corrected chi connectivity index (χ0v) is 12.7. The van der Waals surface area contributed by atoms with Gasteiger partial charge in [-0.25, -0.2) is 9.97 Å². The second kappa shape index (κ2) is 7.04. The summed E-state index contributed by atoms with van der Waals surface area (Å²) in [6, 6.07) is 6.88. The lowest BCUT2D eigenvalue weighted by Gasteiger charge is -2.08. The monoisotopic (exact) mass is 304 g/mol. The van der Waals surface area contributed by atoms with Gasteiger partial charge in [0.1, 0.15) is 11.5 Å². The summed E-state index contributed by atoms with van der Waals surface area (Å²) in [4.78, 5) is 20.3. The van der Waals surface area contributed by atoms with Crippen LogP contribution in [0.25, 0.3) is 0 Å². The Kier molecular flexibility index (Phi) is 5.11. The van der Waals surface area contributed by atoms with Gasteiger partial charge in [0.15, 0.2) is 0 Å². The summed E-state index contributed by atoms with van der Waals surface area (Å²) in [5.74, 6) is 0.867. The van der Waals surface area contributed by atoms with Crippen LogP contribution in [0.2, 0.25) is 5.02 Å². The first-order valence-corrected chi connectivity index (χ1v) is 7.05. The van der Waals surface area contributed by atoms with E-state index in [4.69, 9.17) is 11.6 Å². The minimum Gasteiger partial charge on any atom is -0.369 e. The highest BCUT2D eigenvalue weighted by Gasteiger charge is 2.08. The molecule has 2 aromatic rings. The minimum atomic E-state index is -0.305. The van der Waals surface area contributed by atoms with E-state index in [-0.39, 0.29) is 11.6 Å². The summed E-state index contributed by atoms with van der Waals surface area (Å²) < 4.78 is 0. The highest BCUT2D eigenvalue weighted by Crippen LogP contribution is 2.14. The van der Waals surface area contributed by atoms with Crippen LogP contribution < -0.4 is 10.6 Å². The Labute approximate surface area is 128 Å². The molecule has 0 aliphatic heterocycles. The maximum absolute atomic E-state index is 12.0. The highest BCUT2D eigenvalue weighted by atomic mass is 35.5. The van der Waals surface area contributed by atoms with Crippen LogP contribution in [0.15, 0.2) is 36.7 Å². The van der Waals surface area contributed by atoms with Gasteiger partial charge in [0, 0.05) is 17.3 Å². The summed E-state index contributed by atoms with van der Waals surface area (Å²) in [5.41, 5.74) is 0.924. The van der Waals surface area contributed by atoms with Gasteiger partial charge in [-0.2, -0.15) is 0 Å². The fraction of sp³-hybridized carbons (Fsp3) is 0.267. The Hall–Kier alpha value is -2.14. The van der Waals surface area contributed by atoms with Gasteiger partial charge in [-0.3, -0.25) is 4.79 Å². The zero-order chi connectivity index (χ0) is 15.2. The summed E-state index contributed by atoms with van der Waals surface area (Å²) >= 11 is 5.79. The third-order valence-corrected chi connectivity index (χ3v) is 2.93. The zero-order valence-electron chi connectivity index (χ0n) is 11.9. The number of aromatic nitrogens is 2. The quantitative estimate of drug-likeness (QED) is 0.888. The fourth-order valence-corrected chi connectivity index (χ4v) is 1.70. The van der Waals surface area contributed by atoms with Gasteiger partial charge in [0.2, 0.25) is 0 Å². The Morgan fingerprint density at radius 2 is 1.90 bits per heavy atom. The molecule has 0 saturated carbocycles. The number of amides is 1. The number of nitrogens with one attached hydrogen (secondary N) is 2. The second-order valence-electron chi connectivity index (χ2n) is 5.02. The average Bonchev–Trinajstić information content (AvgIpc) is 2.48. The lowest BCUT2D eigenvalue weighted by molar-refractivity contribution is 0.102. The first-order chi connectivity index (χ1) is 10.0. The molecule has 0 unspecified atom stereocenters. The third-order valence-electron chi connectivity index (χ3n) is 2.68. The molecule has 1 heterocycles. The molecule has 0 saturated heterocycles. The van der Waals surface area contributed by atoms with Crippen molar-refractivity contribution in [2.24, 2.45) is 5.92 Å². The first kappa shape index (κ1) is 15.3. The molecule has 0 aliphatic carbocycles. The van der Waals surface area contributed by atoms with E-state index in [2.05, 4.69) is 34.4 Å². The molecule has 0 bridgehead atoms. The van der Waals surface area contributed by atoms with Crippen LogP contribution in [-0.4, -0.2) is 22.4 Å². The third kappa shape index (κ3) is 4.72. The van der Waals surface area contributed by atoms with Gasteiger partial charge in [-0.05, 0) is 30.2 Å². The maximum atomic E-state index is 12.0. The minimum absolute atomic E-state index is 0.264. The molecule has 6 heteroatoms. The standard InChI is InChI=1S/C15H17ClN4O/c1-10(2)7-18-14-9-17-13(8-19-14)15(21)20-12-5-3-11(16)4-6-12/h3-6,8-10H,7H2,1-2H3,(H,18,19)(H,20,21). The maximum Gasteiger partial charge on any atom is 0.275 e. The van der Waals surface area contributed by atoms with Gasteiger partial charge >= 0.3 is 0 Å². The van der Waals surface area contributed by atoms with Crippen molar-refractivity contribution in [1.29, 1.82) is 0 Å². The van der Waals surface area contributed by atoms with E-state index in [9.17, 15) is 4.79 Å². The van der Waals surface area contributed by atoms with Gasteiger partial charge in [-0.1, -0.05) is 25.4 Å². The van der Waals surface area contributed by atoms with Crippen LogP contribution in [0.3, 0.4) is 0 Å². The van der Waals surface area contributed by atoms with Crippen LogP contribution in [0.1, 0.15) is 24.3 Å². The fourth-order valence-electron chi connectivity index (χ4n) is 1.57. The van der Waals surface area contributed by atoms with Crippen molar-refractivity contribution in [2.45, 2.75) is 13.8 Å². The Morgan fingerprint density at radius 3 is 2.48 bits per heavy atom. The molecule has 2 rings (SSSR count). The molecule has 0 fully saturated rings. The first-order valence-electron chi connectivity index (χ1n) is 6.67. The topological polar surface area (TPSA) is 66.9 Å². The molecular weight excluding hydrogens is 288 g/mol. The largest absolute Gasteiger partial charge is 0.369 e. The lowest BCUT2D eigenvalue weighted by Crippen LogP contribution is -2.15. The SMILES string of the molecule is CC(C)CNc1cnc(C(=O)Nc2ccc(Cl)cc2)cn1. The molecule has 0 radical (unpaired) electrons. The van der Waals surface area contributed by atoms with Crippen molar-refractivity contribution in [3.05, 3.63) is 47.4 Å². The van der Waals surface area contributed by atoms with E-state index in [0.29, 0.717) is 22.4 Å². The van der Waals surface area contributed by atoms with Crippen LogP contribution in [0.4, 0.5) is 11.5 Å². The van der Waals surface area contributed by atoms with Crippen molar-refractivity contribution >= 4 is 29.0 Å². The Balaban J connectivity index is 1.97. The van der Waals surface area contributed by atoms with E-state index in [1.807, 2.05) is 0 Å². The van der Waals surface area contributed by atoms with Gasteiger partial charge in [-0.15, -0.1) is 0 Å². The summed E-state index contributed by atoms with van der Waals surface area (Å²) in [6.07, 6.45) is 3.01. The predicted molar refractivity (Wildman–Crippen MR) is 84.8 cm³/mol. The van der Waals surface area contributed by atoms with Crippen LogP contribution in [-0.2, 0) is 0 Å². The van der Waals surface area contributed by atoms with Crippen LogP contribution >= 0.6 is 11.6 Å². The van der Waals surface area contributed by atoms with E-state index in [1.165, 1.54) is 6.20 Å². The molecule has 21 heavy (non-hydrogen) atoms. The number of hydrogen-bond donors (Lipinski definition) is 2. The molecule has 0 atom stereocenters. The highest BCUT2D eigenvalue weighted by molar-refractivity contribution is 6.30. The second-order valence-corrected chi connectivity index (χ2v) is 5.46. The number of halogens is 1. The molecule has 5 nitrogen and oxygen atoms in total. The van der Waals surface area contributed by atoms with Gasteiger partial charge in [0.05, 0.1) is 12.4 Å². The molecule has 1 aromatic carbocycles. The molecule has 1 amide bonds. The number of hydrogen-bond acceptors (Lipinski definition) is 4. The van der Waals surface area contributed by atoms with Gasteiger partial charge < -0.3 is 10.6 Å². The summed E-state index contributed by atoms with van der Waals surface area (Å²) in [5, 5.41) is 6.50. The number of anilines is 2. The summed E-state index contributed by atoms with van der Waals surface area (Å²) in [7, 11) is 0. The van der Waals surface area contributed by atoms with Crippen molar-refractivity contribution in [1.82, 2.24) is 9.97 Å². The molecule has 1 aromatic heterocycles. The predicted octanol–water partition coefficient (Wildman–Crippen LogP) is 3.45. The van der Waals surface area contributed by atoms with E-state index >= 15 is 0 Å². The molecule has 2 N–H and O–H groups in total. The number of benzene rings is 1. The smallest absolute Gasteiger partial charge is 0.275 e. The number of carbonyl (C=O) groups excluding carboxylic acids is 1. The average molecular weight is 305 g/mol. The number of rotatable bonds is 5. The van der Waals surface area contributed by atoms with Crippen molar-refractivity contribution in [3.8, 4) is 0 Å². The van der Waals surface area contributed by atoms with Gasteiger partial charge in [0.25, 0.3) is 5.91 Å². The molecular formula is C15H17ClN4O. The van der Waals surface area contributed by atoms with E-state index in [1.54, 1.807) is 30.5 Å². The van der Waals surface area contributed by atoms with Crippen molar-refractivity contribution in [3.63, 3.8) is 0 Å². The lowest BCUT2D eigenvalue weighted by atomic mass is 10.2. The normalized spacial score (nSPS) is 10.5. The Morgan fingerprint density at radius 1 is 1.19 bits per heavy atom. The molecule has 0 aliphatic rings. The molecule has 110 valence electrons. The Bertz CT molecular complexity index is 596. The molecule has 0 spiro atoms. The van der Waals surface area contributed by atoms with E-state index in [0.717, 1.165) is 6.54 Å².